The Bertz CT molecular complexity index is 616. The average molecular weight is 279 g/mol. The summed E-state index contributed by atoms with van der Waals surface area (Å²) in [4.78, 5) is 0. The summed E-state index contributed by atoms with van der Waals surface area (Å²) in [6.45, 7) is 2.07. The standard InChI is InChI=1S/C19H21NO/c1-2-4-19-15(3-1)12-20-13-16(19)11-14-5-7-17(8-6-14)21-18-9-10-18/h1-8,16,18,20H,9-13H2. The van der Waals surface area contributed by atoms with E-state index in [1.807, 2.05) is 0 Å². The monoisotopic (exact) mass is 279 g/mol. The summed E-state index contributed by atoms with van der Waals surface area (Å²) >= 11 is 0. The van der Waals surface area contributed by atoms with Crippen LogP contribution in [0.1, 0.15) is 35.4 Å². The predicted octanol–water partition coefficient (Wildman–Crippen LogP) is 3.66. The van der Waals surface area contributed by atoms with E-state index in [1.165, 1.54) is 29.5 Å². The second-order valence-electron chi connectivity index (χ2n) is 6.19. The zero-order chi connectivity index (χ0) is 14.1. The van der Waals surface area contributed by atoms with Crippen LogP contribution in [-0.2, 0) is 13.0 Å². The molecule has 2 aliphatic rings. The van der Waals surface area contributed by atoms with Gasteiger partial charge >= 0.3 is 0 Å². The molecule has 0 aromatic heterocycles. The number of nitrogens with one attached hydrogen (secondary N) is 1. The Balaban J connectivity index is 1.48. The van der Waals surface area contributed by atoms with Crippen molar-refractivity contribution in [3.63, 3.8) is 0 Å². The van der Waals surface area contributed by atoms with Gasteiger partial charge in [0.15, 0.2) is 0 Å². The van der Waals surface area contributed by atoms with E-state index in [0.29, 0.717) is 12.0 Å². The van der Waals surface area contributed by atoms with E-state index >= 15 is 0 Å². The molecule has 2 nitrogen and oxygen atoms in total. The predicted molar refractivity (Wildman–Crippen MR) is 84.7 cm³/mol. The van der Waals surface area contributed by atoms with E-state index in [-0.39, 0.29) is 0 Å². The number of hydrogen-bond donors (Lipinski definition) is 1. The molecule has 2 aromatic carbocycles. The van der Waals surface area contributed by atoms with Gasteiger partial charge in [-0.1, -0.05) is 36.4 Å². The first kappa shape index (κ1) is 12.9. The Morgan fingerprint density at radius 2 is 1.81 bits per heavy atom. The van der Waals surface area contributed by atoms with Gasteiger partial charge in [-0.25, -0.2) is 0 Å². The van der Waals surface area contributed by atoms with Crippen molar-refractivity contribution in [3.8, 4) is 5.75 Å². The Morgan fingerprint density at radius 1 is 1.00 bits per heavy atom. The molecule has 0 amide bonds. The molecule has 1 aliphatic carbocycles. The van der Waals surface area contributed by atoms with Gasteiger partial charge in [0.05, 0.1) is 6.10 Å². The Morgan fingerprint density at radius 3 is 2.62 bits per heavy atom. The van der Waals surface area contributed by atoms with Gasteiger partial charge in [0.2, 0.25) is 0 Å². The normalized spacial score (nSPS) is 20.9. The first-order valence-electron chi connectivity index (χ1n) is 7.92. The van der Waals surface area contributed by atoms with Crippen molar-refractivity contribution in [1.82, 2.24) is 5.32 Å². The maximum Gasteiger partial charge on any atom is 0.119 e. The van der Waals surface area contributed by atoms with Crippen LogP contribution in [0.3, 0.4) is 0 Å². The zero-order valence-corrected chi connectivity index (χ0v) is 12.2. The molecule has 2 aromatic rings. The fourth-order valence-corrected chi connectivity index (χ4v) is 3.13. The Labute approximate surface area is 126 Å². The summed E-state index contributed by atoms with van der Waals surface area (Å²) < 4.78 is 5.81. The number of benzene rings is 2. The lowest BCUT2D eigenvalue weighted by Gasteiger charge is -2.26. The van der Waals surface area contributed by atoms with Gasteiger partial charge < -0.3 is 10.1 Å². The minimum atomic E-state index is 0.477. The maximum atomic E-state index is 5.81. The Kier molecular flexibility index (Phi) is 3.40. The van der Waals surface area contributed by atoms with Crippen molar-refractivity contribution in [2.24, 2.45) is 0 Å². The quantitative estimate of drug-likeness (QED) is 0.922. The van der Waals surface area contributed by atoms with Crippen LogP contribution < -0.4 is 10.1 Å². The van der Waals surface area contributed by atoms with Gasteiger partial charge in [-0.3, -0.25) is 0 Å². The molecule has 21 heavy (non-hydrogen) atoms. The van der Waals surface area contributed by atoms with E-state index in [0.717, 1.165) is 25.3 Å². The number of fused-ring (bicyclic) bond motifs is 1. The van der Waals surface area contributed by atoms with E-state index in [9.17, 15) is 0 Å². The topological polar surface area (TPSA) is 21.3 Å². The molecule has 1 atom stereocenters. The van der Waals surface area contributed by atoms with Crippen LogP contribution in [0.2, 0.25) is 0 Å². The van der Waals surface area contributed by atoms with Crippen LogP contribution in [-0.4, -0.2) is 12.6 Å². The van der Waals surface area contributed by atoms with Gasteiger partial charge in [0, 0.05) is 19.0 Å². The van der Waals surface area contributed by atoms with Crippen LogP contribution in [0.25, 0.3) is 0 Å². The van der Waals surface area contributed by atoms with Crippen LogP contribution >= 0.6 is 0 Å². The molecule has 0 spiro atoms. The van der Waals surface area contributed by atoms with Gasteiger partial charge in [0.1, 0.15) is 5.75 Å². The van der Waals surface area contributed by atoms with Crippen LogP contribution in [0.15, 0.2) is 48.5 Å². The van der Waals surface area contributed by atoms with Crippen LogP contribution in [0, 0.1) is 0 Å². The summed E-state index contributed by atoms with van der Waals surface area (Å²) in [7, 11) is 0. The minimum Gasteiger partial charge on any atom is -0.490 e. The molecule has 108 valence electrons. The first-order valence-corrected chi connectivity index (χ1v) is 7.92. The van der Waals surface area contributed by atoms with Gasteiger partial charge in [0.25, 0.3) is 0 Å². The second-order valence-corrected chi connectivity index (χ2v) is 6.19. The highest BCUT2D eigenvalue weighted by atomic mass is 16.5. The summed E-state index contributed by atoms with van der Waals surface area (Å²) in [6, 6.07) is 17.5. The minimum absolute atomic E-state index is 0.477. The molecular formula is C19H21NO. The molecule has 1 N–H and O–H groups in total. The van der Waals surface area contributed by atoms with E-state index in [1.54, 1.807) is 0 Å². The third-order valence-corrected chi connectivity index (χ3v) is 4.43. The summed E-state index contributed by atoms with van der Waals surface area (Å²) in [5, 5.41) is 3.53. The van der Waals surface area contributed by atoms with Gasteiger partial charge in [-0.2, -0.15) is 0 Å². The molecule has 1 heterocycles. The highest BCUT2D eigenvalue weighted by Crippen LogP contribution is 2.29. The molecular weight excluding hydrogens is 258 g/mol. The smallest absolute Gasteiger partial charge is 0.119 e. The third kappa shape index (κ3) is 2.96. The van der Waals surface area contributed by atoms with Gasteiger partial charge in [-0.15, -0.1) is 0 Å². The van der Waals surface area contributed by atoms with Crippen molar-refractivity contribution in [2.45, 2.75) is 37.8 Å². The lowest BCUT2D eigenvalue weighted by Crippen LogP contribution is -2.29. The maximum absolute atomic E-state index is 5.81. The molecule has 1 fully saturated rings. The van der Waals surface area contributed by atoms with Crippen molar-refractivity contribution in [2.75, 3.05) is 6.54 Å². The van der Waals surface area contributed by atoms with E-state index in [2.05, 4.69) is 53.8 Å². The summed E-state index contributed by atoms with van der Waals surface area (Å²) in [5.41, 5.74) is 4.35. The van der Waals surface area contributed by atoms with Crippen molar-refractivity contribution in [3.05, 3.63) is 65.2 Å². The highest BCUT2D eigenvalue weighted by Gasteiger charge is 2.23. The highest BCUT2D eigenvalue weighted by molar-refractivity contribution is 5.35. The number of ether oxygens (including phenoxy) is 1. The molecule has 2 heteroatoms. The SMILES string of the molecule is c1ccc2c(c1)CNCC2Cc1ccc(OC2CC2)cc1. The van der Waals surface area contributed by atoms with E-state index in [4.69, 9.17) is 4.74 Å². The first-order chi connectivity index (χ1) is 10.4. The lowest BCUT2D eigenvalue weighted by molar-refractivity contribution is 0.303. The lowest BCUT2D eigenvalue weighted by atomic mass is 9.86. The van der Waals surface area contributed by atoms with Crippen molar-refractivity contribution >= 4 is 0 Å². The van der Waals surface area contributed by atoms with Crippen molar-refractivity contribution < 1.29 is 4.74 Å². The van der Waals surface area contributed by atoms with Crippen molar-refractivity contribution in [1.29, 1.82) is 0 Å². The molecule has 0 saturated heterocycles. The average Bonchev–Trinajstić information content (AvgIpc) is 3.34. The second kappa shape index (κ2) is 5.53. The number of rotatable bonds is 4. The molecule has 1 aliphatic heterocycles. The molecule has 0 radical (unpaired) electrons. The van der Waals surface area contributed by atoms with Gasteiger partial charge in [-0.05, 0) is 48.1 Å². The molecule has 4 rings (SSSR count). The van der Waals surface area contributed by atoms with Crippen LogP contribution in [0.4, 0.5) is 0 Å². The van der Waals surface area contributed by atoms with E-state index < -0.39 is 0 Å². The molecule has 1 unspecified atom stereocenters. The summed E-state index contributed by atoms with van der Waals surface area (Å²) in [5.74, 6) is 1.59. The third-order valence-electron chi connectivity index (χ3n) is 4.43. The fourth-order valence-electron chi connectivity index (χ4n) is 3.13. The summed E-state index contributed by atoms with van der Waals surface area (Å²) in [6.07, 6.45) is 4.00. The Hall–Kier alpha value is -1.80. The number of hydrogen-bond acceptors (Lipinski definition) is 2. The largest absolute Gasteiger partial charge is 0.490 e. The molecule has 1 saturated carbocycles. The van der Waals surface area contributed by atoms with Crippen LogP contribution in [0.5, 0.6) is 5.75 Å². The molecule has 0 bridgehead atoms. The zero-order valence-electron chi connectivity index (χ0n) is 12.2. The fraction of sp³-hybridized carbons (Fsp3) is 0.368.